The van der Waals surface area contributed by atoms with Crippen LogP contribution < -0.4 is 5.32 Å². The highest BCUT2D eigenvalue weighted by molar-refractivity contribution is 7.09. The van der Waals surface area contributed by atoms with Crippen molar-refractivity contribution >= 4 is 28.9 Å². The molecule has 132 valence electrons. The quantitative estimate of drug-likeness (QED) is 0.721. The zero-order valence-electron chi connectivity index (χ0n) is 13.8. The van der Waals surface area contributed by atoms with E-state index < -0.39 is 5.97 Å². The number of carbonyl (C=O) groups excluding carboxylic acids is 1. The van der Waals surface area contributed by atoms with Gasteiger partial charge in [0.15, 0.2) is 5.82 Å². The van der Waals surface area contributed by atoms with Gasteiger partial charge in [-0.25, -0.2) is 9.67 Å². The number of thiophene rings is 1. The first-order valence-electron chi connectivity index (χ1n) is 8.16. The Morgan fingerprint density at radius 3 is 2.92 bits per heavy atom. The Bertz CT molecular complexity index is 965. The Morgan fingerprint density at radius 2 is 2.15 bits per heavy atom. The van der Waals surface area contributed by atoms with Crippen molar-refractivity contribution < 1.29 is 14.7 Å². The number of rotatable bonds is 5. The summed E-state index contributed by atoms with van der Waals surface area (Å²) >= 11 is 1.60. The predicted molar refractivity (Wildman–Crippen MR) is 96.3 cm³/mol. The van der Waals surface area contributed by atoms with Crippen LogP contribution in [0.5, 0.6) is 0 Å². The summed E-state index contributed by atoms with van der Waals surface area (Å²) in [5.41, 5.74) is 1.66. The number of anilines is 1. The van der Waals surface area contributed by atoms with Crippen LogP contribution in [0.2, 0.25) is 0 Å². The number of nitrogens with one attached hydrogen (secondary N) is 1. The van der Waals surface area contributed by atoms with Crippen LogP contribution >= 0.6 is 11.3 Å². The molecule has 0 radical (unpaired) electrons. The second-order valence-electron chi connectivity index (χ2n) is 6.09. The Kier molecular flexibility index (Phi) is 4.26. The van der Waals surface area contributed by atoms with Crippen LogP contribution in [0.4, 0.5) is 5.69 Å². The fourth-order valence-corrected chi connectivity index (χ4v) is 3.89. The highest BCUT2D eigenvalue weighted by Crippen LogP contribution is 2.36. The van der Waals surface area contributed by atoms with Crippen LogP contribution in [0.1, 0.15) is 34.4 Å². The molecule has 0 fully saturated rings. The smallest absolute Gasteiger partial charge is 0.325 e. The lowest BCUT2D eigenvalue weighted by Gasteiger charge is -2.24. The summed E-state index contributed by atoms with van der Waals surface area (Å²) in [6.45, 7) is -0.285. The summed E-state index contributed by atoms with van der Waals surface area (Å²) in [7, 11) is 0. The Hall–Kier alpha value is -3.00. The number of nitrogens with zero attached hydrogens (tertiary/aromatic N) is 3. The van der Waals surface area contributed by atoms with Gasteiger partial charge in [-0.2, -0.15) is 5.10 Å². The molecule has 0 saturated heterocycles. The zero-order chi connectivity index (χ0) is 18.1. The molecule has 0 spiro atoms. The first-order chi connectivity index (χ1) is 12.6. The van der Waals surface area contributed by atoms with E-state index in [0.717, 1.165) is 16.1 Å². The molecular weight excluding hydrogens is 352 g/mol. The summed E-state index contributed by atoms with van der Waals surface area (Å²) < 4.78 is 1.41. The predicted octanol–water partition coefficient (Wildman–Crippen LogP) is 2.49. The second kappa shape index (κ2) is 6.72. The Morgan fingerprint density at radius 1 is 1.31 bits per heavy atom. The van der Waals surface area contributed by atoms with Crippen molar-refractivity contribution in [3.63, 3.8) is 0 Å². The summed E-state index contributed by atoms with van der Waals surface area (Å²) in [6.07, 6.45) is 0.756. The summed E-state index contributed by atoms with van der Waals surface area (Å²) in [6, 6.07) is 11.5. The zero-order valence-corrected chi connectivity index (χ0v) is 14.6. The average Bonchev–Trinajstić information content (AvgIpc) is 3.24. The van der Waals surface area contributed by atoms with Crippen LogP contribution in [-0.2, 0) is 22.6 Å². The highest BCUT2D eigenvalue weighted by Gasteiger charge is 2.31. The molecule has 1 aromatic carbocycles. The number of aromatic nitrogens is 3. The van der Waals surface area contributed by atoms with Gasteiger partial charge in [0.2, 0.25) is 5.91 Å². The van der Waals surface area contributed by atoms with Crippen molar-refractivity contribution in [3.8, 4) is 0 Å². The van der Waals surface area contributed by atoms with Crippen molar-refractivity contribution in [2.75, 3.05) is 5.32 Å². The monoisotopic (exact) mass is 368 g/mol. The maximum Gasteiger partial charge on any atom is 0.325 e. The van der Waals surface area contributed by atoms with Crippen molar-refractivity contribution in [3.05, 3.63) is 63.9 Å². The first kappa shape index (κ1) is 16.5. The standard InChI is InChI=1S/C18H16N4O3S/c23-16-9-13(12-5-1-2-6-14(12)19-16)18-20-15(8-11-4-3-7-26-11)21-22(18)10-17(24)25/h1-7,13H,8-10H2,(H,19,23)(H,24,25)/t13-/m1/s1. The number of hydrogen-bond donors (Lipinski definition) is 2. The average molecular weight is 368 g/mol. The molecule has 2 aromatic heterocycles. The fraction of sp³-hybridized carbons (Fsp3) is 0.222. The molecule has 3 aromatic rings. The van der Waals surface area contributed by atoms with Gasteiger partial charge in [-0.3, -0.25) is 9.59 Å². The van der Waals surface area contributed by atoms with Gasteiger partial charge in [-0.1, -0.05) is 24.3 Å². The lowest BCUT2D eigenvalue weighted by molar-refractivity contribution is -0.137. The van der Waals surface area contributed by atoms with Crippen LogP contribution in [0.25, 0.3) is 0 Å². The number of para-hydroxylation sites is 1. The summed E-state index contributed by atoms with van der Waals surface area (Å²) in [4.78, 5) is 29.1. The molecule has 1 amide bonds. The van der Waals surface area contributed by atoms with Crippen molar-refractivity contribution in [2.24, 2.45) is 0 Å². The van der Waals surface area contributed by atoms with Crippen LogP contribution in [0, 0.1) is 0 Å². The molecule has 0 bridgehead atoms. The second-order valence-corrected chi connectivity index (χ2v) is 7.12. The third-order valence-electron chi connectivity index (χ3n) is 4.25. The van der Waals surface area contributed by atoms with Gasteiger partial charge < -0.3 is 10.4 Å². The molecule has 26 heavy (non-hydrogen) atoms. The van der Waals surface area contributed by atoms with Crippen LogP contribution in [0.3, 0.4) is 0 Å². The fourth-order valence-electron chi connectivity index (χ4n) is 3.19. The van der Waals surface area contributed by atoms with Gasteiger partial charge in [0.05, 0.1) is 5.92 Å². The summed E-state index contributed by atoms with van der Waals surface area (Å²) in [5, 5.41) is 18.5. The number of carboxylic acid groups (broad SMARTS) is 1. The molecule has 2 N–H and O–H groups in total. The minimum atomic E-state index is -0.993. The van der Waals surface area contributed by atoms with Crippen molar-refractivity contribution in [1.82, 2.24) is 14.8 Å². The largest absolute Gasteiger partial charge is 0.480 e. The number of carbonyl (C=O) groups is 2. The van der Waals surface area contributed by atoms with Crippen LogP contribution in [0.15, 0.2) is 41.8 Å². The number of hydrogen-bond acceptors (Lipinski definition) is 5. The maximum absolute atomic E-state index is 12.1. The molecule has 1 aliphatic heterocycles. The number of carboxylic acids is 1. The van der Waals surface area contributed by atoms with Gasteiger partial charge >= 0.3 is 5.97 Å². The molecule has 7 nitrogen and oxygen atoms in total. The van der Waals surface area contributed by atoms with Crippen molar-refractivity contribution in [1.29, 1.82) is 0 Å². The Labute approximate surface area is 153 Å². The third-order valence-corrected chi connectivity index (χ3v) is 5.13. The van der Waals surface area contributed by atoms with E-state index in [1.165, 1.54) is 4.68 Å². The van der Waals surface area contributed by atoms with Crippen molar-refractivity contribution in [2.45, 2.75) is 25.3 Å². The molecule has 0 unspecified atom stereocenters. The van der Waals surface area contributed by atoms with E-state index in [4.69, 9.17) is 0 Å². The molecular formula is C18H16N4O3S. The third kappa shape index (κ3) is 3.23. The van der Waals surface area contributed by atoms with Gasteiger partial charge in [-0.15, -0.1) is 11.3 Å². The lowest BCUT2D eigenvalue weighted by Crippen LogP contribution is -2.26. The van der Waals surface area contributed by atoms with Crippen LogP contribution in [-0.4, -0.2) is 31.7 Å². The molecule has 0 aliphatic carbocycles. The lowest BCUT2D eigenvalue weighted by atomic mass is 9.90. The minimum absolute atomic E-state index is 0.113. The van der Waals surface area contributed by atoms with E-state index in [2.05, 4.69) is 15.4 Å². The molecule has 1 atom stereocenters. The van der Waals surface area contributed by atoms with E-state index in [-0.39, 0.29) is 24.8 Å². The number of aliphatic carboxylic acids is 1. The SMILES string of the molecule is O=C(O)Cn1nc(Cc2cccs2)nc1[C@@H]1CC(=O)Nc2ccccc21. The van der Waals surface area contributed by atoms with Gasteiger partial charge in [0, 0.05) is 23.4 Å². The van der Waals surface area contributed by atoms with Gasteiger partial charge in [-0.05, 0) is 23.1 Å². The maximum atomic E-state index is 12.1. The van der Waals surface area contributed by atoms with E-state index in [9.17, 15) is 14.7 Å². The van der Waals surface area contributed by atoms with E-state index in [1.807, 2.05) is 41.8 Å². The van der Waals surface area contributed by atoms with Gasteiger partial charge in [0.1, 0.15) is 12.4 Å². The molecule has 8 heteroatoms. The minimum Gasteiger partial charge on any atom is -0.480 e. The number of fused-ring (bicyclic) bond motifs is 1. The molecule has 4 rings (SSSR count). The molecule has 1 aliphatic rings. The highest BCUT2D eigenvalue weighted by atomic mass is 32.1. The first-order valence-corrected chi connectivity index (χ1v) is 9.04. The molecule has 3 heterocycles. The molecule has 0 saturated carbocycles. The summed E-state index contributed by atoms with van der Waals surface area (Å²) in [5.74, 6) is -0.344. The van der Waals surface area contributed by atoms with E-state index in [0.29, 0.717) is 18.1 Å². The number of amides is 1. The van der Waals surface area contributed by atoms with E-state index in [1.54, 1.807) is 11.3 Å². The van der Waals surface area contributed by atoms with Gasteiger partial charge in [0.25, 0.3) is 0 Å². The number of benzene rings is 1. The normalized spacial score (nSPS) is 16.2. The Balaban J connectivity index is 1.76. The van der Waals surface area contributed by atoms with E-state index >= 15 is 0 Å². The topological polar surface area (TPSA) is 97.1 Å².